The average molecular weight is 381 g/mol. The maximum absolute atomic E-state index is 11.9. The Kier molecular flexibility index (Phi) is 6.61. The minimum absolute atomic E-state index is 0.128. The Bertz CT molecular complexity index is 777. The molecular weight excluding hydrogens is 367 g/mol. The zero-order valence-corrected chi connectivity index (χ0v) is 15.0. The molecule has 0 fully saturated rings. The van der Waals surface area contributed by atoms with Crippen molar-refractivity contribution in [3.05, 3.63) is 64.1 Å². The van der Waals surface area contributed by atoms with Crippen molar-refractivity contribution < 1.29 is 9.53 Å². The summed E-state index contributed by atoms with van der Waals surface area (Å²) in [6.45, 7) is 0. The summed E-state index contributed by atoms with van der Waals surface area (Å²) in [5.41, 5.74) is 1.39. The predicted octanol–water partition coefficient (Wildman–Crippen LogP) is 4.53. The average Bonchev–Trinajstić information content (AvgIpc) is 2.57. The molecule has 0 aliphatic carbocycles. The number of halogens is 2. The number of nitrogens with one attached hydrogen (secondary N) is 2. The van der Waals surface area contributed by atoms with Crippen LogP contribution in [0.5, 0.6) is 5.75 Å². The molecule has 7 heteroatoms. The number of carbonyl (C=O) groups is 1. The van der Waals surface area contributed by atoms with Gasteiger partial charge >= 0.3 is 0 Å². The van der Waals surface area contributed by atoms with E-state index in [2.05, 4.69) is 10.6 Å². The molecule has 2 aromatic rings. The predicted molar refractivity (Wildman–Crippen MR) is 103 cm³/mol. The topological polar surface area (TPSA) is 50.4 Å². The Balaban J connectivity index is 1.92. The number of thiocarbonyl (C=S) groups is 1. The van der Waals surface area contributed by atoms with Crippen LogP contribution in [0.1, 0.15) is 5.56 Å². The highest BCUT2D eigenvalue weighted by atomic mass is 35.5. The number of ether oxygens (including phenoxy) is 1. The van der Waals surface area contributed by atoms with Crippen LogP contribution in [0, 0.1) is 0 Å². The first-order valence-electron chi connectivity index (χ1n) is 6.87. The molecule has 0 spiro atoms. The summed E-state index contributed by atoms with van der Waals surface area (Å²) in [5, 5.41) is 6.23. The molecule has 0 heterocycles. The summed E-state index contributed by atoms with van der Waals surface area (Å²) >= 11 is 17.1. The monoisotopic (exact) mass is 380 g/mol. The minimum atomic E-state index is -0.360. The lowest BCUT2D eigenvalue weighted by Gasteiger charge is -2.10. The highest BCUT2D eigenvalue weighted by Crippen LogP contribution is 2.29. The van der Waals surface area contributed by atoms with Crippen LogP contribution in [-0.2, 0) is 4.79 Å². The summed E-state index contributed by atoms with van der Waals surface area (Å²) < 4.78 is 5.07. The second-order valence-corrected chi connectivity index (χ2v) is 5.84. The third-order valence-electron chi connectivity index (χ3n) is 2.98. The van der Waals surface area contributed by atoms with Crippen LogP contribution in [0.15, 0.2) is 48.5 Å². The molecule has 0 aliphatic rings. The van der Waals surface area contributed by atoms with Crippen LogP contribution in [0.4, 0.5) is 5.69 Å². The first-order chi connectivity index (χ1) is 11.5. The van der Waals surface area contributed by atoms with Crippen molar-refractivity contribution in [3.63, 3.8) is 0 Å². The van der Waals surface area contributed by atoms with E-state index < -0.39 is 0 Å². The van der Waals surface area contributed by atoms with Crippen molar-refractivity contribution in [1.82, 2.24) is 5.32 Å². The van der Waals surface area contributed by atoms with Gasteiger partial charge in [-0.2, -0.15) is 0 Å². The van der Waals surface area contributed by atoms with Crippen LogP contribution in [0.3, 0.4) is 0 Å². The lowest BCUT2D eigenvalue weighted by Crippen LogP contribution is -2.32. The lowest BCUT2D eigenvalue weighted by molar-refractivity contribution is -0.115. The number of hydrogen-bond acceptors (Lipinski definition) is 3. The quantitative estimate of drug-likeness (QED) is 0.604. The second-order valence-electron chi connectivity index (χ2n) is 4.65. The third kappa shape index (κ3) is 5.23. The molecular formula is C17H14Cl2N2O2S. The number of carbonyl (C=O) groups excluding carboxylic acids is 1. The standard InChI is InChI=1S/C17H14Cl2N2O2S/c1-23-12-8-5-11(6-9-12)7-10-15(22)21-17(24)20-14-4-2-3-13(18)16(14)19/h2-10H,1H3,(H2,20,21,22,24)/b10-7-. The highest BCUT2D eigenvalue weighted by Gasteiger charge is 2.07. The van der Waals surface area contributed by atoms with Crippen LogP contribution in [0.2, 0.25) is 10.0 Å². The van der Waals surface area contributed by atoms with Crippen molar-refractivity contribution >= 4 is 58.2 Å². The molecule has 0 saturated heterocycles. The molecule has 1 amide bonds. The molecule has 0 aromatic heterocycles. The summed E-state index contributed by atoms with van der Waals surface area (Å²) in [4.78, 5) is 11.9. The maximum Gasteiger partial charge on any atom is 0.250 e. The Labute approximate surface area is 155 Å². The third-order valence-corrected chi connectivity index (χ3v) is 4.00. The van der Waals surface area contributed by atoms with E-state index in [4.69, 9.17) is 40.2 Å². The minimum Gasteiger partial charge on any atom is -0.497 e. The van der Waals surface area contributed by atoms with E-state index in [1.807, 2.05) is 24.3 Å². The fourth-order valence-electron chi connectivity index (χ4n) is 1.79. The SMILES string of the molecule is COc1ccc(/C=C\C(=O)NC(=S)Nc2cccc(Cl)c2Cl)cc1. The van der Waals surface area contributed by atoms with E-state index in [-0.39, 0.29) is 11.0 Å². The summed E-state index contributed by atoms with van der Waals surface area (Å²) in [6.07, 6.45) is 3.05. The van der Waals surface area contributed by atoms with Crippen LogP contribution < -0.4 is 15.4 Å². The number of methoxy groups -OCH3 is 1. The molecule has 0 atom stereocenters. The van der Waals surface area contributed by atoms with Crippen molar-refractivity contribution in [2.75, 3.05) is 12.4 Å². The largest absolute Gasteiger partial charge is 0.497 e. The molecule has 0 unspecified atom stereocenters. The normalized spacial score (nSPS) is 10.5. The lowest BCUT2D eigenvalue weighted by atomic mass is 10.2. The van der Waals surface area contributed by atoms with Gasteiger partial charge in [-0.3, -0.25) is 10.1 Å². The van der Waals surface area contributed by atoms with Crippen LogP contribution in [-0.4, -0.2) is 18.1 Å². The molecule has 0 bridgehead atoms. The molecule has 2 aromatic carbocycles. The van der Waals surface area contributed by atoms with Gasteiger partial charge in [0.1, 0.15) is 5.75 Å². The smallest absolute Gasteiger partial charge is 0.250 e. The first-order valence-corrected chi connectivity index (χ1v) is 8.04. The Morgan fingerprint density at radius 1 is 1.17 bits per heavy atom. The molecule has 0 saturated carbocycles. The van der Waals surface area contributed by atoms with Gasteiger partial charge in [-0.05, 0) is 48.1 Å². The molecule has 2 N–H and O–H groups in total. The van der Waals surface area contributed by atoms with E-state index in [0.29, 0.717) is 15.7 Å². The Hall–Kier alpha value is -2.08. The van der Waals surface area contributed by atoms with Gasteiger partial charge in [-0.15, -0.1) is 0 Å². The number of rotatable bonds is 4. The number of benzene rings is 2. The maximum atomic E-state index is 11.9. The van der Waals surface area contributed by atoms with Gasteiger partial charge in [0.15, 0.2) is 5.11 Å². The van der Waals surface area contributed by atoms with Gasteiger partial charge in [-0.25, -0.2) is 0 Å². The molecule has 0 radical (unpaired) electrons. The molecule has 2 rings (SSSR count). The van der Waals surface area contributed by atoms with E-state index in [1.54, 1.807) is 31.4 Å². The zero-order chi connectivity index (χ0) is 17.5. The van der Waals surface area contributed by atoms with Gasteiger partial charge in [0.25, 0.3) is 0 Å². The van der Waals surface area contributed by atoms with E-state index in [0.717, 1.165) is 11.3 Å². The fraction of sp³-hybridized carbons (Fsp3) is 0.0588. The summed E-state index contributed by atoms with van der Waals surface area (Å²) in [5.74, 6) is 0.391. The highest BCUT2D eigenvalue weighted by molar-refractivity contribution is 7.80. The van der Waals surface area contributed by atoms with Crippen LogP contribution in [0.25, 0.3) is 6.08 Å². The van der Waals surface area contributed by atoms with Gasteiger partial charge in [-0.1, -0.05) is 41.4 Å². The van der Waals surface area contributed by atoms with E-state index in [1.165, 1.54) is 6.08 Å². The number of hydrogen-bond donors (Lipinski definition) is 2. The van der Waals surface area contributed by atoms with Gasteiger partial charge in [0.2, 0.25) is 5.91 Å². The summed E-state index contributed by atoms with van der Waals surface area (Å²) in [6, 6.07) is 12.4. The zero-order valence-electron chi connectivity index (χ0n) is 12.7. The molecule has 0 aliphatic heterocycles. The Morgan fingerprint density at radius 3 is 2.54 bits per heavy atom. The van der Waals surface area contributed by atoms with E-state index in [9.17, 15) is 4.79 Å². The molecule has 24 heavy (non-hydrogen) atoms. The van der Waals surface area contributed by atoms with Gasteiger partial charge in [0, 0.05) is 6.08 Å². The van der Waals surface area contributed by atoms with Crippen molar-refractivity contribution in [2.24, 2.45) is 0 Å². The van der Waals surface area contributed by atoms with Crippen molar-refractivity contribution in [1.29, 1.82) is 0 Å². The van der Waals surface area contributed by atoms with Crippen LogP contribution >= 0.6 is 35.4 Å². The van der Waals surface area contributed by atoms with Crippen molar-refractivity contribution in [2.45, 2.75) is 0 Å². The number of anilines is 1. The van der Waals surface area contributed by atoms with Gasteiger partial charge < -0.3 is 10.1 Å². The Morgan fingerprint density at radius 2 is 1.88 bits per heavy atom. The fourth-order valence-corrected chi connectivity index (χ4v) is 2.35. The van der Waals surface area contributed by atoms with E-state index >= 15 is 0 Å². The molecule has 4 nitrogen and oxygen atoms in total. The second kappa shape index (κ2) is 8.68. The summed E-state index contributed by atoms with van der Waals surface area (Å²) in [7, 11) is 1.60. The first kappa shape index (κ1) is 18.3. The number of amides is 1. The van der Waals surface area contributed by atoms with Gasteiger partial charge in [0.05, 0.1) is 22.8 Å². The molecule has 124 valence electrons. The van der Waals surface area contributed by atoms with Crippen molar-refractivity contribution in [3.8, 4) is 5.75 Å².